The number of carboxylic acid groups (broad SMARTS) is 1. The van der Waals surface area contributed by atoms with Gasteiger partial charge in [0.2, 0.25) is 0 Å². The summed E-state index contributed by atoms with van der Waals surface area (Å²) in [5.74, 6) is -1.10. The second-order valence-corrected chi connectivity index (χ2v) is 4.94. The molecular weight excluding hydrogens is 212 g/mol. The van der Waals surface area contributed by atoms with Gasteiger partial charge in [0.05, 0.1) is 12.0 Å². The molecule has 0 aromatic carbocycles. The highest BCUT2D eigenvalue weighted by molar-refractivity contribution is 5.75. The number of rotatable bonds is 5. The van der Waals surface area contributed by atoms with E-state index in [9.17, 15) is 14.7 Å². The van der Waals surface area contributed by atoms with Gasteiger partial charge in [-0.25, -0.2) is 4.79 Å². The Morgan fingerprint density at radius 3 is 2.44 bits per heavy atom. The van der Waals surface area contributed by atoms with Crippen molar-refractivity contribution < 1.29 is 19.8 Å². The van der Waals surface area contributed by atoms with E-state index in [1.165, 1.54) is 6.92 Å². The van der Waals surface area contributed by atoms with Crippen molar-refractivity contribution in [1.82, 2.24) is 10.6 Å². The molecule has 1 atom stereocenters. The van der Waals surface area contributed by atoms with Crippen molar-refractivity contribution in [2.45, 2.75) is 44.2 Å². The lowest BCUT2D eigenvalue weighted by Crippen LogP contribution is -2.48. The number of carbonyl (C=O) groups excluding carboxylic acids is 1. The maximum Gasteiger partial charge on any atom is 0.315 e. The smallest absolute Gasteiger partial charge is 0.315 e. The number of carbonyl (C=O) groups is 2. The quantitative estimate of drug-likeness (QED) is 0.537. The van der Waals surface area contributed by atoms with Gasteiger partial charge in [-0.15, -0.1) is 0 Å². The van der Waals surface area contributed by atoms with E-state index in [-0.39, 0.29) is 18.1 Å². The Morgan fingerprint density at radius 2 is 2.00 bits per heavy atom. The van der Waals surface area contributed by atoms with Crippen LogP contribution in [-0.4, -0.2) is 39.9 Å². The summed E-state index contributed by atoms with van der Waals surface area (Å²) in [6.45, 7) is 3.23. The molecule has 2 amide bonds. The van der Waals surface area contributed by atoms with E-state index in [1.54, 1.807) is 0 Å². The second kappa shape index (κ2) is 4.29. The van der Waals surface area contributed by atoms with Gasteiger partial charge >= 0.3 is 12.0 Å². The van der Waals surface area contributed by atoms with E-state index in [0.29, 0.717) is 0 Å². The van der Waals surface area contributed by atoms with Gasteiger partial charge in [0.25, 0.3) is 0 Å². The molecule has 0 aromatic rings. The molecule has 0 aromatic heterocycles. The van der Waals surface area contributed by atoms with Gasteiger partial charge in [-0.1, -0.05) is 0 Å². The van der Waals surface area contributed by atoms with Gasteiger partial charge in [-0.05, 0) is 26.7 Å². The second-order valence-electron chi connectivity index (χ2n) is 4.94. The average molecular weight is 230 g/mol. The van der Waals surface area contributed by atoms with E-state index < -0.39 is 18.0 Å². The summed E-state index contributed by atoms with van der Waals surface area (Å²) in [5.41, 5.74) is -1.55. The maximum absolute atomic E-state index is 11.4. The van der Waals surface area contributed by atoms with Gasteiger partial charge < -0.3 is 20.8 Å². The fourth-order valence-corrected chi connectivity index (χ4v) is 1.29. The van der Waals surface area contributed by atoms with Crippen LogP contribution in [0.2, 0.25) is 0 Å². The minimum absolute atomic E-state index is 0.0821. The first-order valence-corrected chi connectivity index (χ1v) is 5.23. The molecular formula is C10H18N2O4. The summed E-state index contributed by atoms with van der Waals surface area (Å²) in [6.07, 6.45) is 1.50. The van der Waals surface area contributed by atoms with Crippen molar-refractivity contribution in [3.8, 4) is 0 Å². The first-order valence-electron chi connectivity index (χ1n) is 5.23. The van der Waals surface area contributed by atoms with Gasteiger partial charge in [-0.3, -0.25) is 4.79 Å². The van der Waals surface area contributed by atoms with Crippen molar-refractivity contribution >= 4 is 12.0 Å². The minimum atomic E-state index is -1.42. The fourth-order valence-electron chi connectivity index (χ4n) is 1.29. The highest BCUT2D eigenvalue weighted by Crippen LogP contribution is 2.33. The molecule has 1 aliphatic rings. The first kappa shape index (κ1) is 12.8. The number of carboxylic acids is 1. The van der Waals surface area contributed by atoms with Crippen LogP contribution in [0.15, 0.2) is 0 Å². The minimum Gasteiger partial charge on any atom is -0.481 e. The van der Waals surface area contributed by atoms with Crippen LogP contribution in [0.3, 0.4) is 0 Å². The number of urea groups is 1. The number of hydrogen-bond donors (Lipinski definition) is 4. The molecule has 1 aliphatic carbocycles. The topological polar surface area (TPSA) is 98.7 Å². The number of hydrogen-bond acceptors (Lipinski definition) is 3. The molecule has 4 N–H and O–H groups in total. The molecule has 6 nitrogen and oxygen atoms in total. The predicted molar refractivity (Wildman–Crippen MR) is 57.1 cm³/mol. The Bertz CT molecular complexity index is 297. The first-order chi connectivity index (χ1) is 7.22. The summed E-state index contributed by atoms with van der Waals surface area (Å²) in [5, 5.41) is 23.4. The van der Waals surface area contributed by atoms with Crippen LogP contribution in [0.25, 0.3) is 0 Å². The highest BCUT2D eigenvalue weighted by Gasteiger charge is 2.38. The molecule has 1 saturated carbocycles. The van der Waals surface area contributed by atoms with Crippen LogP contribution >= 0.6 is 0 Å². The molecule has 0 spiro atoms. The van der Waals surface area contributed by atoms with Crippen molar-refractivity contribution in [2.75, 3.05) is 6.54 Å². The van der Waals surface area contributed by atoms with Gasteiger partial charge in [-0.2, -0.15) is 0 Å². The molecule has 0 heterocycles. The molecule has 1 fully saturated rings. The monoisotopic (exact) mass is 230 g/mol. The summed E-state index contributed by atoms with van der Waals surface area (Å²) < 4.78 is 0. The van der Waals surface area contributed by atoms with Crippen LogP contribution in [0.1, 0.15) is 33.1 Å². The van der Waals surface area contributed by atoms with Crippen molar-refractivity contribution in [3.05, 3.63) is 0 Å². The molecule has 1 unspecified atom stereocenters. The number of amides is 2. The molecule has 0 bridgehead atoms. The van der Waals surface area contributed by atoms with Crippen LogP contribution < -0.4 is 10.6 Å². The van der Waals surface area contributed by atoms with E-state index in [4.69, 9.17) is 5.11 Å². The van der Waals surface area contributed by atoms with Gasteiger partial charge in [0.1, 0.15) is 0 Å². The van der Waals surface area contributed by atoms with E-state index in [2.05, 4.69) is 10.6 Å². The highest BCUT2D eigenvalue weighted by atomic mass is 16.4. The molecule has 0 saturated heterocycles. The predicted octanol–water partition coefficient (Wildman–Crippen LogP) is 0.0638. The Kier molecular flexibility index (Phi) is 3.42. The summed E-state index contributed by atoms with van der Waals surface area (Å²) in [4.78, 5) is 21.8. The molecule has 0 radical (unpaired) electrons. The Hall–Kier alpha value is -1.30. The third-order valence-corrected chi connectivity index (χ3v) is 2.58. The normalized spacial score (nSPS) is 20.7. The number of nitrogens with one attached hydrogen (secondary N) is 2. The lowest BCUT2D eigenvalue weighted by atomic mass is 10.0. The van der Waals surface area contributed by atoms with Crippen molar-refractivity contribution in [1.29, 1.82) is 0 Å². The third-order valence-electron chi connectivity index (χ3n) is 2.58. The lowest BCUT2D eigenvalue weighted by molar-refractivity contribution is -0.141. The fraction of sp³-hybridized carbons (Fsp3) is 0.800. The van der Waals surface area contributed by atoms with Crippen molar-refractivity contribution in [3.63, 3.8) is 0 Å². The van der Waals surface area contributed by atoms with Gasteiger partial charge in [0, 0.05) is 12.1 Å². The van der Waals surface area contributed by atoms with Crippen LogP contribution in [0, 0.1) is 0 Å². The lowest BCUT2D eigenvalue weighted by Gasteiger charge is -2.22. The Labute approximate surface area is 94.0 Å². The molecule has 6 heteroatoms. The van der Waals surface area contributed by atoms with Crippen molar-refractivity contribution in [2.24, 2.45) is 0 Å². The Morgan fingerprint density at radius 1 is 1.44 bits per heavy atom. The number of aliphatic carboxylic acids is 1. The molecule has 0 aliphatic heterocycles. The standard InChI is InChI=1S/C10H18N2O4/c1-9(3-4-9)12-8(15)11-6-10(2,16)5-7(13)14/h16H,3-6H2,1-2H3,(H,13,14)(H2,11,12,15). The zero-order valence-electron chi connectivity index (χ0n) is 9.54. The molecule has 16 heavy (non-hydrogen) atoms. The van der Waals surface area contributed by atoms with Crippen LogP contribution in [0.4, 0.5) is 4.79 Å². The largest absolute Gasteiger partial charge is 0.481 e. The number of aliphatic hydroxyl groups is 1. The summed E-state index contributed by atoms with van der Waals surface area (Å²) >= 11 is 0. The van der Waals surface area contributed by atoms with Crippen LogP contribution in [0.5, 0.6) is 0 Å². The third kappa shape index (κ3) is 4.48. The SMILES string of the molecule is CC(O)(CNC(=O)NC1(C)CC1)CC(=O)O. The Balaban J connectivity index is 2.27. The summed E-state index contributed by atoms with van der Waals surface area (Å²) in [7, 11) is 0. The van der Waals surface area contributed by atoms with E-state index in [1.807, 2.05) is 6.92 Å². The summed E-state index contributed by atoms with van der Waals surface area (Å²) in [6, 6.07) is -0.370. The maximum atomic E-state index is 11.4. The van der Waals surface area contributed by atoms with Gasteiger partial charge in [0.15, 0.2) is 0 Å². The van der Waals surface area contributed by atoms with Crippen LogP contribution in [-0.2, 0) is 4.79 Å². The zero-order chi connectivity index (χ0) is 12.4. The average Bonchev–Trinajstić information content (AvgIpc) is 2.78. The zero-order valence-corrected chi connectivity index (χ0v) is 9.54. The van der Waals surface area contributed by atoms with E-state index in [0.717, 1.165) is 12.8 Å². The molecule has 1 rings (SSSR count). The van der Waals surface area contributed by atoms with E-state index >= 15 is 0 Å². The molecule has 92 valence electrons.